The molecule has 1 saturated heterocycles. The third-order valence-electron chi connectivity index (χ3n) is 2.42. The summed E-state index contributed by atoms with van der Waals surface area (Å²) >= 11 is 0. The fourth-order valence-electron chi connectivity index (χ4n) is 1.70. The molecule has 1 aliphatic rings. The van der Waals surface area contributed by atoms with Crippen LogP contribution in [0.15, 0.2) is 18.2 Å². The highest BCUT2D eigenvalue weighted by atomic mass is 15.2. The minimum absolute atomic E-state index is 0.322. The van der Waals surface area contributed by atoms with Gasteiger partial charge in [0.15, 0.2) is 0 Å². The molecule has 0 radical (unpaired) electrons. The smallest absolute Gasteiger partial charge is 0.128 e. The van der Waals surface area contributed by atoms with Gasteiger partial charge in [0.1, 0.15) is 5.82 Å². The maximum atomic E-state index is 5.83. The third-order valence-corrected chi connectivity index (χ3v) is 2.42. The summed E-state index contributed by atoms with van der Waals surface area (Å²) in [5.41, 5.74) is 6.90. The minimum Gasteiger partial charge on any atom is -0.355 e. The third kappa shape index (κ3) is 1.80. The predicted molar refractivity (Wildman–Crippen MR) is 53.8 cm³/mol. The SMILES string of the molecule is Cc1cccc(N2CCC(N)C2)n1. The first-order chi connectivity index (χ1) is 6.25. The van der Waals surface area contributed by atoms with Crippen molar-refractivity contribution in [2.45, 2.75) is 19.4 Å². The van der Waals surface area contributed by atoms with Crippen LogP contribution in [-0.2, 0) is 0 Å². The number of anilines is 1. The van der Waals surface area contributed by atoms with Crippen molar-refractivity contribution in [3.05, 3.63) is 23.9 Å². The molecule has 0 saturated carbocycles. The van der Waals surface area contributed by atoms with Gasteiger partial charge < -0.3 is 10.6 Å². The molecular weight excluding hydrogens is 162 g/mol. The van der Waals surface area contributed by atoms with Gasteiger partial charge >= 0.3 is 0 Å². The van der Waals surface area contributed by atoms with Crippen molar-refractivity contribution in [1.82, 2.24) is 4.98 Å². The zero-order valence-corrected chi connectivity index (χ0v) is 7.90. The van der Waals surface area contributed by atoms with Crippen molar-refractivity contribution in [3.63, 3.8) is 0 Å². The first-order valence-corrected chi connectivity index (χ1v) is 4.70. The second kappa shape index (κ2) is 3.34. The van der Waals surface area contributed by atoms with Crippen LogP contribution in [0.5, 0.6) is 0 Å². The van der Waals surface area contributed by atoms with E-state index in [4.69, 9.17) is 5.73 Å². The zero-order valence-electron chi connectivity index (χ0n) is 7.90. The molecule has 3 heteroatoms. The molecule has 70 valence electrons. The molecule has 1 atom stereocenters. The molecule has 3 nitrogen and oxygen atoms in total. The Morgan fingerprint density at radius 1 is 1.54 bits per heavy atom. The number of nitrogens with two attached hydrogens (primary N) is 1. The molecule has 1 aromatic rings. The Hall–Kier alpha value is -1.09. The maximum absolute atomic E-state index is 5.83. The van der Waals surface area contributed by atoms with E-state index in [0.29, 0.717) is 6.04 Å². The fraction of sp³-hybridized carbons (Fsp3) is 0.500. The topological polar surface area (TPSA) is 42.1 Å². The van der Waals surface area contributed by atoms with Crippen molar-refractivity contribution in [2.75, 3.05) is 18.0 Å². The Bertz CT molecular complexity index is 298. The van der Waals surface area contributed by atoms with Crippen LogP contribution in [0, 0.1) is 6.92 Å². The largest absolute Gasteiger partial charge is 0.355 e. The first kappa shape index (κ1) is 8.51. The normalized spacial score (nSPS) is 22.3. The number of pyridine rings is 1. The van der Waals surface area contributed by atoms with Gasteiger partial charge in [-0.3, -0.25) is 0 Å². The Morgan fingerprint density at radius 3 is 3.00 bits per heavy atom. The lowest BCUT2D eigenvalue weighted by atomic mass is 10.3. The number of nitrogens with zero attached hydrogens (tertiary/aromatic N) is 2. The molecule has 0 spiro atoms. The Balaban J connectivity index is 2.16. The lowest BCUT2D eigenvalue weighted by Gasteiger charge is -2.16. The van der Waals surface area contributed by atoms with E-state index in [9.17, 15) is 0 Å². The number of hydrogen-bond acceptors (Lipinski definition) is 3. The quantitative estimate of drug-likeness (QED) is 0.693. The lowest BCUT2D eigenvalue weighted by Crippen LogP contribution is -2.26. The summed E-state index contributed by atoms with van der Waals surface area (Å²) in [6.45, 7) is 3.99. The Kier molecular flexibility index (Phi) is 2.19. The van der Waals surface area contributed by atoms with Gasteiger partial charge in [0.05, 0.1) is 0 Å². The molecular formula is C10H15N3. The molecule has 1 aromatic heterocycles. The molecule has 1 fully saturated rings. The Labute approximate surface area is 78.6 Å². The van der Waals surface area contributed by atoms with Crippen molar-refractivity contribution >= 4 is 5.82 Å². The highest BCUT2D eigenvalue weighted by molar-refractivity contribution is 5.40. The van der Waals surface area contributed by atoms with Crippen LogP contribution in [0.1, 0.15) is 12.1 Å². The van der Waals surface area contributed by atoms with E-state index in [1.54, 1.807) is 0 Å². The van der Waals surface area contributed by atoms with E-state index < -0.39 is 0 Å². The molecule has 0 aromatic carbocycles. The fourth-order valence-corrected chi connectivity index (χ4v) is 1.70. The summed E-state index contributed by atoms with van der Waals surface area (Å²) in [5.74, 6) is 1.06. The molecule has 2 heterocycles. The van der Waals surface area contributed by atoms with Gasteiger partial charge in [0, 0.05) is 24.8 Å². The number of hydrogen-bond donors (Lipinski definition) is 1. The van der Waals surface area contributed by atoms with E-state index in [2.05, 4.69) is 9.88 Å². The summed E-state index contributed by atoms with van der Waals surface area (Å²) in [4.78, 5) is 6.71. The van der Waals surface area contributed by atoms with Gasteiger partial charge in [-0.05, 0) is 25.5 Å². The maximum Gasteiger partial charge on any atom is 0.128 e. The van der Waals surface area contributed by atoms with Crippen LogP contribution in [0.3, 0.4) is 0 Å². The number of rotatable bonds is 1. The van der Waals surface area contributed by atoms with E-state index in [1.807, 2.05) is 25.1 Å². The van der Waals surface area contributed by atoms with Gasteiger partial charge in [-0.25, -0.2) is 4.98 Å². The van der Waals surface area contributed by atoms with Gasteiger partial charge in [-0.1, -0.05) is 6.07 Å². The van der Waals surface area contributed by atoms with Crippen molar-refractivity contribution in [1.29, 1.82) is 0 Å². The standard InChI is InChI=1S/C10H15N3/c1-8-3-2-4-10(12-8)13-6-5-9(11)7-13/h2-4,9H,5-7,11H2,1H3. The first-order valence-electron chi connectivity index (χ1n) is 4.70. The van der Waals surface area contributed by atoms with Gasteiger partial charge in [0.25, 0.3) is 0 Å². The van der Waals surface area contributed by atoms with Crippen LogP contribution in [0.25, 0.3) is 0 Å². The minimum atomic E-state index is 0.322. The lowest BCUT2D eigenvalue weighted by molar-refractivity contribution is 0.751. The van der Waals surface area contributed by atoms with Gasteiger partial charge in [0.2, 0.25) is 0 Å². The molecule has 0 bridgehead atoms. The van der Waals surface area contributed by atoms with Gasteiger partial charge in [-0.15, -0.1) is 0 Å². The number of aromatic nitrogens is 1. The van der Waals surface area contributed by atoms with Crippen LogP contribution < -0.4 is 10.6 Å². The monoisotopic (exact) mass is 177 g/mol. The number of aryl methyl sites for hydroxylation is 1. The highest BCUT2D eigenvalue weighted by Gasteiger charge is 2.19. The van der Waals surface area contributed by atoms with Crippen LogP contribution in [0.2, 0.25) is 0 Å². The van der Waals surface area contributed by atoms with E-state index in [0.717, 1.165) is 31.0 Å². The zero-order chi connectivity index (χ0) is 9.26. The van der Waals surface area contributed by atoms with Crippen LogP contribution in [-0.4, -0.2) is 24.1 Å². The summed E-state index contributed by atoms with van der Waals surface area (Å²) < 4.78 is 0. The van der Waals surface area contributed by atoms with E-state index in [-0.39, 0.29) is 0 Å². The van der Waals surface area contributed by atoms with Crippen molar-refractivity contribution in [3.8, 4) is 0 Å². The highest BCUT2D eigenvalue weighted by Crippen LogP contribution is 2.16. The molecule has 1 aliphatic heterocycles. The summed E-state index contributed by atoms with van der Waals surface area (Å²) in [5, 5.41) is 0. The van der Waals surface area contributed by atoms with Crippen LogP contribution >= 0.6 is 0 Å². The average Bonchev–Trinajstić information content (AvgIpc) is 2.52. The molecule has 0 aliphatic carbocycles. The Morgan fingerprint density at radius 2 is 2.38 bits per heavy atom. The van der Waals surface area contributed by atoms with Crippen molar-refractivity contribution < 1.29 is 0 Å². The second-order valence-corrected chi connectivity index (χ2v) is 3.63. The predicted octanol–water partition coefficient (Wildman–Crippen LogP) is 0.927. The van der Waals surface area contributed by atoms with Gasteiger partial charge in [-0.2, -0.15) is 0 Å². The summed E-state index contributed by atoms with van der Waals surface area (Å²) in [6.07, 6.45) is 1.08. The average molecular weight is 177 g/mol. The second-order valence-electron chi connectivity index (χ2n) is 3.63. The molecule has 13 heavy (non-hydrogen) atoms. The van der Waals surface area contributed by atoms with E-state index in [1.165, 1.54) is 0 Å². The molecule has 1 unspecified atom stereocenters. The molecule has 0 amide bonds. The summed E-state index contributed by atoms with van der Waals surface area (Å²) in [6, 6.07) is 6.42. The van der Waals surface area contributed by atoms with Crippen LogP contribution in [0.4, 0.5) is 5.82 Å². The van der Waals surface area contributed by atoms with Crippen molar-refractivity contribution in [2.24, 2.45) is 5.73 Å². The summed E-state index contributed by atoms with van der Waals surface area (Å²) in [7, 11) is 0. The molecule has 2 rings (SSSR count). The molecule has 2 N–H and O–H groups in total. The van der Waals surface area contributed by atoms with E-state index >= 15 is 0 Å².